The van der Waals surface area contributed by atoms with Crippen LogP contribution in [-0.4, -0.2) is 17.0 Å². The normalized spacial score (nSPS) is 13.8. The maximum absolute atomic E-state index is 12.1. The van der Waals surface area contributed by atoms with Crippen LogP contribution in [-0.2, 0) is 11.3 Å². The minimum absolute atomic E-state index is 0. The van der Waals surface area contributed by atoms with E-state index in [-0.39, 0.29) is 28.4 Å². The van der Waals surface area contributed by atoms with E-state index in [0.717, 1.165) is 13.0 Å². The smallest absolute Gasteiger partial charge is 0.270 e. The molecule has 0 radical (unpaired) electrons. The zero-order chi connectivity index (χ0) is 13.9. The van der Waals surface area contributed by atoms with Gasteiger partial charge in [-0.2, -0.15) is 0 Å². The van der Waals surface area contributed by atoms with Crippen molar-refractivity contribution >= 4 is 29.0 Å². The number of fused-ring (bicyclic) bond motifs is 1. The van der Waals surface area contributed by atoms with Gasteiger partial charge in [0.2, 0.25) is 5.91 Å². The number of thiazole rings is 1. The van der Waals surface area contributed by atoms with E-state index in [1.165, 1.54) is 17.4 Å². The fourth-order valence-electron chi connectivity index (χ4n) is 2.05. The van der Waals surface area contributed by atoms with Gasteiger partial charge in [-0.05, 0) is 18.6 Å². The van der Waals surface area contributed by atoms with Crippen molar-refractivity contribution in [2.45, 2.75) is 13.0 Å². The van der Waals surface area contributed by atoms with Crippen molar-refractivity contribution in [1.82, 2.24) is 4.57 Å². The van der Waals surface area contributed by atoms with Gasteiger partial charge in [-0.1, -0.05) is 29.5 Å². The Morgan fingerprint density at radius 1 is 1.33 bits per heavy atom. The molecule has 0 unspecified atom stereocenters. The Hall–Kier alpha value is -1.73. The summed E-state index contributed by atoms with van der Waals surface area (Å²) in [7, 11) is 0. The Morgan fingerprint density at radius 3 is 2.81 bits per heavy atom. The lowest BCUT2D eigenvalue weighted by atomic mass is 10.3. The molecule has 2 aromatic rings. The van der Waals surface area contributed by atoms with Crippen LogP contribution in [0, 0.1) is 0 Å². The molecule has 1 aliphatic heterocycles. The third-order valence-electron chi connectivity index (χ3n) is 2.98. The summed E-state index contributed by atoms with van der Waals surface area (Å²) in [6, 6.07) is 9.15. The van der Waals surface area contributed by atoms with Crippen molar-refractivity contribution in [2.24, 2.45) is 4.99 Å². The van der Waals surface area contributed by atoms with Crippen molar-refractivity contribution in [3.8, 4) is 0 Å². The molecule has 0 saturated heterocycles. The van der Waals surface area contributed by atoms with Crippen LogP contribution in [0.5, 0.6) is 0 Å². The van der Waals surface area contributed by atoms with Gasteiger partial charge >= 0.3 is 0 Å². The van der Waals surface area contributed by atoms with E-state index < -0.39 is 0 Å². The van der Waals surface area contributed by atoms with Crippen molar-refractivity contribution in [1.29, 1.82) is 0 Å². The molecule has 0 spiro atoms. The molecule has 21 heavy (non-hydrogen) atoms. The van der Waals surface area contributed by atoms with E-state index in [1.54, 1.807) is 16.7 Å². The zero-order valence-corrected chi connectivity index (χ0v) is 13.5. The minimum Gasteiger partial charge on any atom is -1.00 e. The van der Waals surface area contributed by atoms with Gasteiger partial charge in [0, 0.05) is 24.9 Å². The molecule has 2 heterocycles. The van der Waals surface area contributed by atoms with Crippen LogP contribution >= 0.6 is 11.3 Å². The molecule has 1 N–H and O–H groups in total. The van der Waals surface area contributed by atoms with Crippen molar-refractivity contribution < 1.29 is 21.8 Å². The standard InChI is InChI=1S/C14H13N3O2S.BrH/c18-12(16-10-5-2-1-3-6-10)9-11-13(19)17-8-4-7-15-14(17)20-11;/h1-3,5-6,9H,4,7-8H2,(H,16,18);1H/p-1/b11-9+;. The fraction of sp³-hybridized carbons (Fsp3) is 0.214. The molecule has 110 valence electrons. The number of carbonyl (C=O) groups excluding carboxylic acids is 1. The third-order valence-corrected chi connectivity index (χ3v) is 4.02. The number of benzene rings is 1. The Bertz CT molecular complexity index is 811. The first-order chi connectivity index (χ1) is 9.74. The van der Waals surface area contributed by atoms with Gasteiger partial charge in [-0.25, -0.2) is 0 Å². The largest absolute Gasteiger partial charge is 1.00 e. The lowest BCUT2D eigenvalue weighted by molar-refractivity contribution is -0.110. The summed E-state index contributed by atoms with van der Waals surface area (Å²) in [5.41, 5.74) is 0.580. The van der Waals surface area contributed by atoms with Crippen LogP contribution in [0.2, 0.25) is 0 Å². The molecular formula is C14H13BrN3O2S-. The van der Waals surface area contributed by atoms with E-state index in [9.17, 15) is 9.59 Å². The highest BCUT2D eigenvalue weighted by molar-refractivity contribution is 7.07. The summed E-state index contributed by atoms with van der Waals surface area (Å²) in [5, 5.41) is 2.73. The maximum atomic E-state index is 12.1. The highest BCUT2D eigenvalue weighted by Crippen LogP contribution is 2.04. The molecule has 0 fully saturated rings. The minimum atomic E-state index is -0.299. The van der Waals surface area contributed by atoms with E-state index in [2.05, 4.69) is 10.3 Å². The number of nitrogens with zero attached hydrogens (tertiary/aromatic N) is 2. The number of hydrogen-bond acceptors (Lipinski definition) is 4. The van der Waals surface area contributed by atoms with Crippen LogP contribution < -0.4 is 37.2 Å². The van der Waals surface area contributed by atoms with Crippen molar-refractivity contribution in [2.75, 3.05) is 11.9 Å². The first kappa shape index (κ1) is 15.7. The summed E-state index contributed by atoms with van der Waals surface area (Å²) in [6.45, 7) is 1.43. The molecule has 0 aliphatic carbocycles. The number of halogens is 1. The number of nitrogens with one attached hydrogen (secondary N) is 1. The SMILES string of the molecule is O=C(/C=c1/sc2n(c1=O)CCCN=2)Nc1ccccc1.[Br-]. The Balaban J connectivity index is 0.00000161. The number of hydrogen-bond donors (Lipinski definition) is 1. The van der Waals surface area contributed by atoms with Crippen LogP contribution in [0.15, 0.2) is 40.1 Å². The van der Waals surface area contributed by atoms with Gasteiger partial charge in [0.1, 0.15) is 4.53 Å². The van der Waals surface area contributed by atoms with E-state index in [1.807, 2.05) is 18.2 Å². The number of rotatable bonds is 2. The first-order valence-electron chi connectivity index (χ1n) is 6.36. The van der Waals surface area contributed by atoms with Gasteiger partial charge in [-0.15, -0.1) is 0 Å². The van der Waals surface area contributed by atoms with Crippen molar-refractivity contribution in [3.63, 3.8) is 0 Å². The molecule has 1 aliphatic rings. The molecular weight excluding hydrogens is 354 g/mol. The number of aromatic nitrogens is 1. The highest BCUT2D eigenvalue weighted by Gasteiger charge is 2.09. The third kappa shape index (κ3) is 3.48. The molecule has 0 atom stereocenters. The second kappa shape index (κ2) is 6.82. The van der Waals surface area contributed by atoms with Crippen LogP contribution in [0.4, 0.5) is 5.69 Å². The Kier molecular flexibility index (Phi) is 5.08. The predicted octanol–water partition coefficient (Wildman–Crippen LogP) is -2.64. The lowest BCUT2D eigenvalue weighted by Gasteiger charge is -2.03. The second-order valence-corrected chi connectivity index (χ2v) is 5.45. The first-order valence-corrected chi connectivity index (χ1v) is 7.17. The molecule has 5 nitrogen and oxygen atoms in total. The molecule has 1 aromatic carbocycles. The van der Waals surface area contributed by atoms with Crippen molar-refractivity contribution in [3.05, 3.63) is 50.0 Å². The zero-order valence-electron chi connectivity index (χ0n) is 11.1. The molecule has 3 rings (SSSR count). The van der Waals surface area contributed by atoms with E-state index >= 15 is 0 Å². The molecule has 0 saturated carbocycles. The summed E-state index contributed by atoms with van der Waals surface area (Å²) in [6.07, 6.45) is 2.22. The second-order valence-electron chi connectivity index (χ2n) is 4.44. The average Bonchev–Trinajstić information content (AvgIpc) is 2.77. The van der Waals surface area contributed by atoms with Gasteiger partial charge in [0.05, 0.1) is 0 Å². The van der Waals surface area contributed by atoms with Crippen LogP contribution in [0.25, 0.3) is 6.08 Å². The van der Waals surface area contributed by atoms with E-state index in [0.29, 0.717) is 21.6 Å². The topological polar surface area (TPSA) is 63.5 Å². The van der Waals surface area contributed by atoms with Gasteiger partial charge in [-0.3, -0.25) is 19.1 Å². The average molecular weight is 367 g/mol. The Labute approximate surface area is 135 Å². The summed E-state index contributed by atoms with van der Waals surface area (Å²) >= 11 is 1.27. The highest BCUT2D eigenvalue weighted by atomic mass is 79.9. The van der Waals surface area contributed by atoms with Gasteiger partial charge in [0.25, 0.3) is 5.56 Å². The number of para-hydroxylation sites is 1. The number of carbonyl (C=O) groups is 1. The number of anilines is 1. The van der Waals surface area contributed by atoms with E-state index in [4.69, 9.17) is 0 Å². The molecule has 7 heteroatoms. The van der Waals surface area contributed by atoms with Crippen LogP contribution in [0.1, 0.15) is 6.42 Å². The predicted molar refractivity (Wildman–Crippen MR) is 78.4 cm³/mol. The summed E-state index contributed by atoms with van der Waals surface area (Å²) in [4.78, 5) is 29.0. The summed E-state index contributed by atoms with van der Waals surface area (Å²) in [5.74, 6) is -0.299. The van der Waals surface area contributed by atoms with Crippen LogP contribution in [0.3, 0.4) is 0 Å². The monoisotopic (exact) mass is 366 g/mol. The van der Waals surface area contributed by atoms with Gasteiger partial charge in [0.15, 0.2) is 4.80 Å². The molecule has 0 bridgehead atoms. The quantitative estimate of drug-likeness (QED) is 0.631. The maximum Gasteiger partial charge on any atom is 0.270 e. The fourth-order valence-corrected chi connectivity index (χ4v) is 3.05. The lowest BCUT2D eigenvalue weighted by Crippen LogP contribution is -3.00. The summed E-state index contributed by atoms with van der Waals surface area (Å²) < 4.78 is 2.06. The Morgan fingerprint density at radius 2 is 2.10 bits per heavy atom. The number of amides is 1. The molecule has 1 aromatic heterocycles. The van der Waals surface area contributed by atoms with Gasteiger partial charge < -0.3 is 22.3 Å². The molecule has 1 amide bonds.